The summed E-state index contributed by atoms with van der Waals surface area (Å²) in [5, 5.41) is 33.0. The molecule has 0 unspecified atom stereocenters. The van der Waals surface area contributed by atoms with Crippen LogP contribution in [-0.2, 0) is 16.0 Å². The molecule has 156 valence electrons. The molecule has 3 N–H and O–H groups in total. The zero-order valence-electron chi connectivity index (χ0n) is 15.4. The van der Waals surface area contributed by atoms with Crippen LogP contribution >= 0.6 is 0 Å². The minimum Gasteiger partial charge on any atom is -0.479 e. The lowest BCUT2D eigenvalue weighted by atomic mass is 9.77. The predicted molar refractivity (Wildman–Crippen MR) is 99.6 cm³/mol. The summed E-state index contributed by atoms with van der Waals surface area (Å²) in [5.74, 6) is -1.44. The summed E-state index contributed by atoms with van der Waals surface area (Å²) in [6.07, 6.45) is -0.735. The number of carboxylic acids is 1. The molecule has 0 bridgehead atoms. The molecule has 2 atom stereocenters. The second-order valence-corrected chi connectivity index (χ2v) is 6.49. The molecule has 1 heterocycles. The number of nitro benzene ring substituents is 1. The van der Waals surface area contributed by atoms with Crippen molar-refractivity contribution in [3.8, 4) is 0 Å². The number of nitrogens with zero attached hydrogens (tertiary/aromatic N) is 2. The van der Waals surface area contributed by atoms with Gasteiger partial charge >= 0.3 is 18.2 Å². The molecular formula is C18H21N3O8. The van der Waals surface area contributed by atoms with Gasteiger partial charge in [0.2, 0.25) is 0 Å². The van der Waals surface area contributed by atoms with Gasteiger partial charge < -0.3 is 20.3 Å². The van der Waals surface area contributed by atoms with Crippen LogP contribution < -0.4 is 5.32 Å². The number of likely N-dealkylation sites (tertiary alicyclic amines) is 1. The molecule has 0 saturated carbocycles. The van der Waals surface area contributed by atoms with Gasteiger partial charge in [-0.15, -0.1) is 0 Å². The van der Waals surface area contributed by atoms with Crippen molar-refractivity contribution in [2.45, 2.75) is 30.8 Å². The average Bonchev–Trinajstić information content (AvgIpc) is 2.67. The van der Waals surface area contributed by atoms with Crippen molar-refractivity contribution in [1.82, 2.24) is 10.2 Å². The number of carboxylic acid groups (broad SMARTS) is 2. The summed E-state index contributed by atoms with van der Waals surface area (Å²) < 4.78 is 4.85. The summed E-state index contributed by atoms with van der Waals surface area (Å²) >= 11 is 0. The second kappa shape index (κ2) is 9.04. The molecule has 0 aromatic heterocycles. The highest BCUT2D eigenvalue weighted by atomic mass is 16.6. The number of hydrogen-bond donors (Lipinski definition) is 3. The number of nitro groups is 1. The lowest BCUT2D eigenvalue weighted by Crippen LogP contribution is -2.71. The Bertz CT molecular complexity index is 810. The number of alkyl carbamates (subject to hydrolysis) is 1. The summed E-state index contributed by atoms with van der Waals surface area (Å²) in [7, 11) is 0. The van der Waals surface area contributed by atoms with Crippen LogP contribution in [0.4, 0.5) is 15.3 Å². The maximum absolute atomic E-state index is 12.4. The van der Waals surface area contributed by atoms with E-state index in [0.29, 0.717) is 12.0 Å². The molecule has 1 aliphatic heterocycles. The summed E-state index contributed by atoms with van der Waals surface area (Å²) in [6.45, 7) is 3.29. The van der Waals surface area contributed by atoms with E-state index in [9.17, 15) is 34.7 Å². The summed E-state index contributed by atoms with van der Waals surface area (Å²) in [6, 6.07) is 4.08. The van der Waals surface area contributed by atoms with E-state index in [1.807, 2.05) is 0 Å². The number of carbonyl (C=O) groups excluding carboxylic acids is 1. The van der Waals surface area contributed by atoms with Crippen molar-refractivity contribution in [1.29, 1.82) is 0 Å². The molecule has 0 spiro atoms. The molecule has 11 heteroatoms. The van der Waals surface area contributed by atoms with E-state index in [1.54, 1.807) is 0 Å². The van der Waals surface area contributed by atoms with Crippen LogP contribution in [-0.4, -0.2) is 62.9 Å². The van der Waals surface area contributed by atoms with E-state index in [4.69, 9.17) is 4.74 Å². The topological polar surface area (TPSA) is 159 Å². The number of hydrogen-bond acceptors (Lipinski definition) is 6. The Morgan fingerprint density at radius 1 is 1.34 bits per heavy atom. The maximum Gasteiger partial charge on any atom is 0.408 e. The molecule has 1 aromatic carbocycles. The third-order valence-electron chi connectivity index (χ3n) is 4.78. The zero-order chi connectivity index (χ0) is 21.6. The number of carbonyl (C=O) groups is 3. The number of nitrogens with one attached hydrogen (secondary N) is 1. The van der Waals surface area contributed by atoms with Crippen LogP contribution in [0.2, 0.25) is 0 Å². The van der Waals surface area contributed by atoms with E-state index in [1.165, 1.54) is 30.3 Å². The minimum absolute atomic E-state index is 0.0332. The second-order valence-electron chi connectivity index (χ2n) is 6.49. The zero-order valence-corrected chi connectivity index (χ0v) is 15.4. The van der Waals surface area contributed by atoms with Gasteiger partial charge in [-0.05, 0) is 18.4 Å². The lowest BCUT2D eigenvalue weighted by molar-refractivity contribution is -0.384. The highest BCUT2D eigenvalue weighted by Gasteiger charge is 2.55. The van der Waals surface area contributed by atoms with E-state index >= 15 is 0 Å². The van der Waals surface area contributed by atoms with Crippen molar-refractivity contribution < 1.29 is 34.3 Å². The van der Waals surface area contributed by atoms with Crippen LogP contribution in [0.5, 0.6) is 0 Å². The number of non-ortho nitro benzene ring substituents is 1. The number of benzene rings is 1. The van der Waals surface area contributed by atoms with Crippen molar-refractivity contribution in [3.05, 3.63) is 52.6 Å². The third-order valence-corrected chi connectivity index (χ3v) is 4.78. The first-order valence-corrected chi connectivity index (χ1v) is 8.74. The van der Waals surface area contributed by atoms with Gasteiger partial charge in [-0.25, -0.2) is 14.4 Å². The molecule has 0 radical (unpaired) electrons. The van der Waals surface area contributed by atoms with Gasteiger partial charge in [-0.2, -0.15) is 0 Å². The van der Waals surface area contributed by atoms with Crippen LogP contribution in [0.3, 0.4) is 0 Å². The van der Waals surface area contributed by atoms with Gasteiger partial charge in [0.05, 0.1) is 11.0 Å². The molecule has 1 saturated heterocycles. The number of rotatable bonds is 7. The Balaban J connectivity index is 2.43. The van der Waals surface area contributed by atoms with Gasteiger partial charge in [0.25, 0.3) is 5.69 Å². The Morgan fingerprint density at radius 2 is 2.00 bits per heavy atom. The maximum atomic E-state index is 12.4. The van der Waals surface area contributed by atoms with E-state index < -0.39 is 34.7 Å². The molecule has 2 rings (SSSR count). The minimum atomic E-state index is -2.01. The number of piperidine rings is 1. The first-order chi connectivity index (χ1) is 13.7. The van der Waals surface area contributed by atoms with Gasteiger partial charge in [0.1, 0.15) is 6.61 Å². The van der Waals surface area contributed by atoms with Crippen LogP contribution in [0.15, 0.2) is 36.9 Å². The molecular weight excluding hydrogens is 386 g/mol. The van der Waals surface area contributed by atoms with E-state index in [2.05, 4.69) is 11.9 Å². The van der Waals surface area contributed by atoms with Crippen molar-refractivity contribution in [2.24, 2.45) is 0 Å². The lowest BCUT2D eigenvalue weighted by Gasteiger charge is -2.47. The Morgan fingerprint density at radius 3 is 2.52 bits per heavy atom. The van der Waals surface area contributed by atoms with E-state index in [0.717, 1.165) is 4.90 Å². The number of amides is 2. The van der Waals surface area contributed by atoms with Crippen molar-refractivity contribution in [2.75, 3.05) is 13.2 Å². The fourth-order valence-electron chi connectivity index (χ4n) is 3.46. The quantitative estimate of drug-likeness (QED) is 0.351. The van der Waals surface area contributed by atoms with Crippen LogP contribution in [0.25, 0.3) is 0 Å². The Kier molecular flexibility index (Phi) is 6.75. The van der Waals surface area contributed by atoms with Crippen LogP contribution in [0.1, 0.15) is 18.4 Å². The fraction of sp³-hybridized carbons (Fsp3) is 0.389. The standard InChI is InChI=1S/C18H21N3O8/c1-2-10-29-16(24)19-14-4-3-9-20(17(25)26)18(14,15(22)23)11-12-5-7-13(8-6-12)21(27)28/h2,5-8,14H,1,3-4,9-11H2,(H,19,24)(H,22,23)(H,25,26)/t14-,18-/m0/s1. The molecule has 2 amide bonds. The highest BCUT2D eigenvalue weighted by molar-refractivity contribution is 5.86. The molecule has 0 aliphatic carbocycles. The first kappa shape index (κ1) is 21.7. The molecule has 11 nitrogen and oxygen atoms in total. The molecule has 29 heavy (non-hydrogen) atoms. The first-order valence-electron chi connectivity index (χ1n) is 8.74. The monoisotopic (exact) mass is 407 g/mol. The summed E-state index contributed by atoms with van der Waals surface area (Å²) in [4.78, 5) is 47.2. The summed E-state index contributed by atoms with van der Waals surface area (Å²) in [5.41, 5.74) is -1.81. The van der Waals surface area contributed by atoms with Crippen molar-refractivity contribution >= 4 is 23.8 Å². The van der Waals surface area contributed by atoms with Gasteiger partial charge in [-0.3, -0.25) is 15.0 Å². The Hall–Kier alpha value is -3.63. The number of ether oxygens (including phenoxy) is 1. The number of aliphatic carboxylic acids is 1. The van der Waals surface area contributed by atoms with Gasteiger partial charge in [-0.1, -0.05) is 24.8 Å². The normalized spacial score (nSPS) is 21.1. The third kappa shape index (κ3) is 4.62. The van der Waals surface area contributed by atoms with Crippen LogP contribution in [0, 0.1) is 10.1 Å². The smallest absolute Gasteiger partial charge is 0.408 e. The average molecular weight is 407 g/mol. The predicted octanol–water partition coefficient (Wildman–Crippen LogP) is 2.02. The molecule has 1 aromatic rings. The van der Waals surface area contributed by atoms with Gasteiger partial charge in [0, 0.05) is 25.1 Å². The van der Waals surface area contributed by atoms with Gasteiger partial charge in [0.15, 0.2) is 5.54 Å². The van der Waals surface area contributed by atoms with Crippen molar-refractivity contribution in [3.63, 3.8) is 0 Å². The molecule has 1 aliphatic rings. The SMILES string of the molecule is C=CCOC(=O)N[C@H]1CCCN(C(=O)O)[C@]1(Cc1ccc([N+](=O)[O-])cc1)C(=O)O. The van der Waals surface area contributed by atoms with E-state index in [-0.39, 0.29) is 31.7 Å². The largest absolute Gasteiger partial charge is 0.479 e. The fourth-order valence-corrected chi connectivity index (χ4v) is 3.46. The molecule has 1 fully saturated rings. The Labute approximate surface area is 165 Å². The highest BCUT2D eigenvalue weighted by Crippen LogP contribution is 2.33.